The van der Waals surface area contributed by atoms with E-state index in [1.54, 1.807) is 0 Å². The molecule has 0 aromatic heterocycles. The number of fused-ring (bicyclic) bond motifs is 2. The first-order chi connectivity index (χ1) is 13.7. The Bertz CT molecular complexity index is 984. The second-order valence-electron chi connectivity index (χ2n) is 8.05. The van der Waals surface area contributed by atoms with E-state index in [-0.39, 0.29) is 5.41 Å². The van der Waals surface area contributed by atoms with Gasteiger partial charge in [-0.3, -0.25) is 0 Å². The Hall–Kier alpha value is -2.60. The van der Waals surface area contributed by atoms with Gasteiger partial charge in [-0.25, -0.2) is 0 Å². The molecule has 4 aromatic carbocycles. The van der Waals surface area contributed by atoms with E-state index in [4.69, 9.17) is 0 Å². The maximum Gasteiger partial charge on any atom is 0.0187 e. The summed E-state index contributed by atoms with van der Waals surface area (Å²) < 4.78 is 0. The third-order valence-electron chi connectivity index (χ3n) is 6.19. The summed E-state index contributed by atoms with van der Waals surface area (Å²) >= 11 is 0. The van der Waals surface area contributed by atoms with Crippen molar-refractivity contribution in [1.29, 1.82) is 0 Å². The number of hydrogen-bond donors (Lipinski definition) is 0. The molecule has 141 valence electrons. The van der Waals surface area contributed by atoms with E-state index in [0.717, 1.165) is 12.8 Å². The molecule has 0 unspecified atom stereocenters. The Morgan fingerprint density at radius 2 is 1.11 bits per heavy atom. The molecule has 0 nitrogen and oxygen atoms in total. The van der Waals surface area contributed by atoms with Crippen LogP contribution in [0.5, 0.6) is 0 Å². The number of unbranched alkanes of at least 4 members (excludes halogenated alkanes) is 3. The van der Waals surface area contributed by atoms with Gasteiger partial charge in [-0.1, -0.05) is 124 Å². The molecule has 0 atom stereocenters. The average Bonchev–Trinajstić information content (AvgIpc) is 2.76. The largest absolute Gasteiger partial charge is 0.0616 e. The highest BCUT2D eigenvalue weighted by atomic mass is 14.3. The summed E-state index contributed by atoms with van der Waals surface area (Å²) in [4.78, 5) is 0. The van der Waals surface area contributed by atoms with Crippen LogP contribution >= 0.6 is 0 Å². The van der Waals surface area contributed by atoms with E-state index < -0.39 is 0 Å². The monoisotopic (exact) mass is 365 g/mol. The SMILES string of the molecule is [CH2]CCCCCC(C)(c1cccc2ccccc12)c1cccc2ccccc12. The second-order valence-corrected chi connectivity index (χ2v) is 8.05. The van der Waals surface area contributed by atoms with Crippen molar-refractivity contribution in [3.63, 3.8) is 0 Å². The predicted octanol–water partition coefficient (Wildman–Crippen LogP) is 8.08. The first-order valence-corrected chi connectivity index (χ1v) is 10.5. The first kappa shape index (κ1) is 18.7. The molecule has 4 rings (SSSR count). The van der Waals surface area contributed by atoms with Gasteiger partial charge in [-0.2, -0.15) is 0 Å². The third kappa shape index (κ3) is 3.44. The molecular weight excluding hydrogens is 336 g/mol. The van der Waals surface area contributed by atoms with Gasteiger partial charge >= 0.3 is 0 Å². The van der Waals surface area contributed by atoms with Gasteiger partial charge in [0.25, 0.3) is 0 Å². The zero-order valence-electron chi connectivity index (χ0n) is 16.8. The van der Waals surface area contributed by atoms with Crippen LogP contribution in [0.4, 0.5) is 0 Å². The van der Waals surface area contributed by atoms with Crippen LogP contribution < -0.4 is 0 Å². The Labute approximate surface area is 169 Å². The maximum absolute atomic E-state index is 4.02. The van der Waals surface area contributed by atoms with E-state index in [0.29, 0.717) is 0 Å². The number of rotatable bonds is 7. The minimum Gasteiger partial charge on any atom is -0.0616 e. The Morgan fingerprint density at radius 3 is 1.64 bits per heavy atom. The molecule has 4 aromatic rings. The molecule has 0 spiro atoms. The minimum absolute atomic E-state index is 0.0249. The first-order valence-electron chi connectivity index (χ1n) is 10.5. The summed E-state index contributed by atoms with van der Waals surface area (Å²) in [6.07, 6.45) is 5.85. The fraction of sp³-hybridized carbons (Fsp3) is 0.250. The fourth-order valence-electron chi connectivity index (χ4n) is 4.66. The Morgan fingerprint density at radius 1 is 0.607 bits per heavy atom. The van der Waals surface area contributed by atoms with Crippen LogP contribution in [0.2, 0.25) is 0 Å². The molecule has 0 N–H and O–H groups in total. The average molecular weight is 366 g/mol. The molecule has 0 heterocycles. The number of hydrogen-bond acceptors (Lipinski definition) is 0. The summed E-state index contributed by atoms with van der Waals surface area (Å²) in [6.45, 7) is 6.46. The lowest BCUT2D eigenvalue weighted by Gasteiger charge is -2.33. The summed E-state index contributed by atoms with van der Waals surface area (Å²) in [5, 5.41) is 5.39. The van der Waals surface area contributed by atoms with Gasteiger partial charge in [0, 0.05) is 5.41 Å². The number of benzene rings is 4. The molecule has 0 aliphatic rings. The maximum atomic E-state index is 4.02. The van der Waals surface area contributed by atoms with Gasteiger partial charge in [-0.05, 0) is 39.1 Å². The molecule has 28 heavy (non-hydrogen) atoms. The van der Waals surface area contributed by atoms with Gasteiger partial charge in [0.1, 0.15) is 0 Å². The van der Waals surface area contributed by atoms with Gasteiger partial charge < -0.3 is 0 Å². The summed E-state index contributed by atoms with van der Waals surface area (Å²) in [6, 6.07) is 31.2. The van der Waals surface area contributed by atoms with Crippen LogP contribution in [-0.4, -0.2) is 0 Å². The molecule has 0 fully saturated rings. The molecule has 0 amide bonds. The van der Waals surface area contributed by atoms with Crippen LogP contribution in [0.1, 0.15) is 50.2 Å². The lowest BCUT2D eigenvalue weighted by atomic mass is 9.70. The highest BCUT2D eigenvalue weighted by Crippen LogP contribution is 2.43. The molecule has 0 saturated heterocycles. The van der Waals surface area contributed by atoms with Gasteiger partial charge in [0.15, 0.2) is 0 Å². The van der Waals surface area contributed by atoms with Crippen LogP contribution in [-0.2, 0) is 5.41 Å². The van der Waals surface area contributed by atoms with Crippen molar-refractivity contribution in [2.75, 3.05) is 0 Å². The van der Waals surface area contributed by atoms with Crippen molar-refractivity contribution >= 4 is 21.5 Å². The van der Waals surface area contributed by atoms with Crippen LogP contribution in [0.25, 0.3) is 21.5 Å². The van der Waals surface area contributed by atoms with E-state index >= 15 is 0 Å². The Balaban J connectivity index is 1.91. The smallest absolute Gasteiger partial charge is 0.0187 e. The highest BCUT2D eigenvalue weighted by Gasteiger charge is 2.31. The van der Waals surface area contributed by atoms with Crippen LogP contribution in [0.15, 0.2) is 84.9 Å². The van der Waals surface area contributed by atoms with Gasteiger partial charge in [0.05, 0.1) is 0 Å². The summed E-state index contributed by atoms with van der Waals surface area (Å²) in [5.41, 5.74) is 2.86. The molecular formula is C28H29. The van der Waals surface area contributed by atoms with Gasteiger partial charge in [-0.15, -0.1) is 0 Å². The Kier molecular flexibility index (Phi) is 5.48. The summed E-state index contributed by atoms with van der Waals surface area (Å²) in [5.74, 6) is 0. The standard InChI is InChI=1S/C28H29/c1-3-4-5-10-21-28(2,26-19-11-15-22-13-6-8-17-24(22)26)27-20-12-16-23-14-7-9-18-25(23)27/h6-9,11-20H,1,3-5,10,21H2,2H3. The molecule has 0 bridgehead atoms. The minimum atomic E-state index is -0.0249. The van der Waals surface area contributed by atoms with Crippen molar-refractivity contribution < 1.29 is 0 Å². The van der Waals surface area contributed by atoms with Crippen molar-refractivity contribution in [2.45, 2.75) is 44.4 Å². The molecule has 0 heteroatoms. The molecule has 1 radical (unpaired) electrons. The van der Waals surface area contributed by atoms with E-state index in [2.05, 4.69) is 98.8 Å². The van der Waals surface area contributed by atoms with Crippen molar-refractivity contribution in [2.24, 2.45) is 0 Å². The molecule has 0 aliphatic carbocycles. The lowest BCUT2D eigenvalue weighted by Crippen LogP contribution is -2.24. The zero-order chi connectivity index (χ0) is 19.4. The quantitative estimate of drug-likeness (QED) is 0.290. The topological polar surface area (TPSA) is 0 Å². The molecule has 0 saturated carbocycles. The molecule has 0 aliphatic heterocycles. The van der Waals surface area contributed by atoms with Crippen molar-refractivity contribution in [3.8, 4) is 0 Å². The van der Waals surface area contributed by atoms with Crippen LogP contribution in [0.3, 0.4) is 0 Å². The summed E-state index contributed by atoms with van der Waals surface area (Å²) in [7, 11) is 0. The normalized spacial score (nSPS) is 11.9. The van der Waals surface area contributed by atoms with Crippen LogP contribution in [0, 0.1) is 6.92 Å². The lowest BCUT2D eigenvalue weighted by molar-refractivity contribution is 0.486. The fourth-order valence-corrected chi connectivity index (χ4v) is 4.66. The van der Waals surface area contributed by atoms with E-state index in [1.807, 2.05) is 0 Å². The van der Waals surface area contributed by atoms with E-state index in [1.165, 1.54) is 51.9 Å². The highest BCUT2D eigenvalue weighted by molar-refractivity contribution is 5.91. The predicted molar refractivity (Wildman–Crippen MR) is 123 cm³/mol. The van der Waals surface area contributed by atoms with Gasteiger partial charge in [0.2, 0.25) is 0 Å². The second kappa shape index (κ2) is 8.19. The zero-order valence-corrected chi connectivity index (χ0v) is 16.8. The van der Waals surface area contributed by atoms with E-state index in [9.17, 15) is 0 Å². The third-order valence-corrected chi connectivity index (χ3v) is 6.19. The van der Waals surface area contributed by atoms with Crippen molar-refractivity contribution in [3.05, 3.63) is 103 Å². The van der Waals surface area contributed by atoms with Crippen molar-refractivity contribution in [1.82, 2.24) is 0 Å².